The van der Waals surface area contributed by atoms with Gasteiger partial charge < -0.3 is 24.7 Å². The van der Waals surface area contributed by atoms with Gasteiger partial charge in [-0.05, 0) is 103 Å². The number of amides is 2. The van der Waals surface area contributed by atoms with Gasteiger partial charge in [0.15, 0.2) is 0 Å². The van der Waals surface area contributed by atoms with Crippen LogP contribution in [0, 0.1) is 29.6 Å². The third kappa shape index (κ3) is 7.89. The molecule has 5 aliphatic rings. The summed E-state index contributed by atoms with van der Waals surface area (Å²) in [5, 5.41) is 3.33. The lowest BCUT2D eigenvalue weighted by atomic mass is 9.75. The number of imidazole rings is 1. The molecule has 2 N–H and O–H groups in total. The van der Waals surface area contributed by atoms with Crippen LogP contribution in [0.5, 0.6) is 0 Å². The molecule has 59 heavy (non-hydrogen) atoms. The molecule has 3 aliphatic carbocycles. The standard InChI is InChI=1S/C48H54N6O5/c1-28(58-2)38(24-42(55)59-3)48(57)54-21-5-7-41(54)46-51-27-40(53-46)32-14-12-30(13-15-32)29-8-10-31(11-9-29)37-23-39(50-26-37)43-34-18-19-35(22-34)44(43)47(56)52-25-36-6-4-20-49-45(36)33-16-17-33/h4,6,8-15,20,26-28,33-35,38,41,43-44H,5,7,16-19,21-25H2,1-3H3,(H,51,53)(H,52,56)/t28-,34?,35?,38+,41+,43-,44+/m1/s1. The molecule has 4 aromatic rings. The first-order chi connectivity index (χ1) is 28.8. The quantitative estimate of drug-likeness (QED) is 0.123. The van der Waals surface area contributed by atoms with Crippen LogP contribution in [0.4, 0.5) is 0 Å². The molecule has 2 bridgehead atoms. The number of carbonyl (C=O) groups is 3. The van der Waals surface area contributed by atoms with Gasteiger partial charge in [-0.25, -0.2) is 4.98 Å². The number of aromatic amines is 1. The van der Waals surface area contributed by atoms with Crippen molar-refractivity contribution in [3.05, 3.63) is 102 Å². The Balaban J connectivity index is 0.819. The van der Waals surface area contributed by atoms with E-state index in [9.17, 15) is 14.4 Å². The van der Waals surface area contributed by atoms with Gasteiger partial charge in [0.2, 0.25) is 11.8 Å². The van der Waals surface area contributed by atoms with Gasteiger partial charge in [-0.3, -0.25) is 24.4 Å². The van der Waals surface area contributed by atoms with Crippen molar-refractivity contribution >= 4 is 29.1 Å². The highest BCUT2D eigenvalue weighted by molar-refractivity contribution is 6.02. The number of fused-ring (bicyclic) bond motifs is 2. The topological polar surface area (TPSA) is 139 Å². The largest absolute Gasteiger partial charge is 0.469 e. The molecule has 2 aromatic carbocycles. The van der Waals surface area contributed by atoms with Crippen LogP contribution in [0.15, 0.2) is 84.2 Å². The van der Waals surface area contributed by atoms with Gasteiger partial charge in [-0.2, -0.15) is 0 Å². The minimum atomic E-state index is -0.631. The number of carbonyl (C=O) groups excluding carboxylic acids is 3. The number of benzene rings is 2. The number of esters is 1. The molecule has 9 rings (SSSR count). The number of hydrogen-bond donors (Lipinski definition) is 2. The SMILES string of the molecule is COC(=O)C[C@H](C(=O)N1CCC[C@H]1c1ncc(-c2ccc(-c3ccc(C4=CN=C([C@H]5C6CCC(C6)[C@@H]5C(=O)NCc5cccnc5C5CC5)C4)cc3)cc2)[nH]1)[C@@H](C)OC. The van der Waals surface area contributed by atoms with Crippen molar-refractivity contribution in [1.82, 2.24) is 25.2 Å². The van der Waals surface area contributed by atoms with Gasteiger partial charge in [0, 0.05) is 68.2 Å². The van der Waals surface area contributed by atoms with Gasteiger partial charge in [-0.15, -0.1) is 0 Å². The highest BCUT2D eigenvalue weighted by atomic mass is 16.5. The van der Waals surface area contributed by atoms with E-state index in [-0.39, 0.29) is 36.1 Å². The lowest BCUT2D eigenvalue weighted by Crippen LogP contribution is -2.41. The molecule has 3 saturated carbocycles. The first-order valence-electron chi connectivity index (χ1n) is 21.4. The summed E-state index contributed by atoms with van der Waals surface area (Å²) >= 11 is 0. The second kappa shape index (κ2) is 16.7. The normalized spacial score (nSPS) is 24.5. The van der Waals surface area contributed by atoms with E-state index in [1.54, 1.807) is 7.11 Å². The predicted molar refractivity (Wildman–Crippen MR) is 226 cm³/mol. The summed E-state index contributed by atoms with van der Waals surface area (Å²) in [4.78, 5) is 59.3. The van der Waals surface area contributed by atoms with Crippen LogP contribution in [-0.2, 0) is 30.4 Å². The minimum absolute atomic E-state index is 0.0105. The van der Waals surface area contributed by atoms with E-state index in [1.807, 2.05) is 36.5 Å². The summed E-state index contributed by atoms with van der Waals surface area (Å²) in [6, 6.07) is 21.0. The van der Waals surface area contributed by atoms with Crippen LogP contribution >= 0.6 is 0 Å². The molecule has 4 heterocycles. The average molecular weight is 795 g/mol. The third-order valence-electron chi connectivity index (χ3n) is 13.8. The van der Waals surface area contributed by atoms with Crippen molar-refractivity contribution in [2.45, 2.75) is 89.3 Å². The van der Waals surface area contributed by atoms with Crippen molar-refractivity contribution < 1.29 is 23.9 Å². The highest BCUT2D eigenvalue weighted by Gasteiger charge is 2.53. The molecule has 2 unspecified atom stereocenters. The number of ether oxygens (including phenoxy) is 2. The molecule has 1 saturated heterocycles. The molecule has 2 aromatic heterocycles. The van der Waals surface area contributed by atoms with E-state index >= 15 is 0 Å². The Morgan fingerprint density at radius 3 is 2.36 bits per heavy atom. The molecule has 11 heteroatoms. The Labute approximate surface area is 346 Å². The fraction of sp³-hybridized carbons (Fsp3) is 0.458. The number of allylic oxidation sites excluding steroid dienone is 1. The molecule has 0 radical (unpaired) electrons. The fourth-order valence-electron chi connectivity index (χ4n) is 10.4. The van der Waals surface area contributed by atoms with Gasteiger partial charge >= 0.3 is 5.97 Å². The Hall–Kier alpha value is -5.42. The van der Waals surface area contributed by atoms with Gasteiger partial charge in [0.1, 0.15) is 5.82 Å². The van der Waals surface area contributed by atoms with E-state index in [1.165, 1.54) is 37.7 Å². The number of methoxy groups -OCH3 is 2. The third-order valence-corrected chi connectivity index (χ3v) is 13.8. The second-order valence-corrected chi connectivity index (χ2v) is 17.2. The van der Waals surface area contributed by atoms with Gasteiger partial charge in [0.25, 0.3) is 0 Å². The molecule has 0 spiro atoms. The van der Waals surface area contributed by atoms with Crippen LogP contribution in [-0.4, -0.2) is 70.2 Å². The molecular formula is C48H54N6O5. The molecule has 11 nitrogen and oxygen atoms in total. The van der Waals surface area contributed by atoms with Crippen molar-refractivity contribution in [1.29, 1.82) is 0 Å². The Bertz CT molecular complexity index is 2260. The van der Waals surface area contributed by atoms with Crippen molar-refractivity contribution in [2.75, 3.05) is 20.8 Å². The molecule has 2 amide bonds. The second-order valence-electron chi connectivity index (χ2n) is 17.2. The number of nitrogens with one attached hydrogen (secondary N) is 2. The summed E-state index contributed by atoms with van der Waals surface area (Å²) in [5.74, 6) is 1.45. The number of aromatic nitrogens is 3. The zero-order chi connectivity index (χ0) is 40.6. The molecule has 2 aliphatic heterocycles. The molecule has 306 valence electrons. The number of rotatable bonds is 14. The van der Waals surface area contributed by atoms with Crippen molar-refractivity contribution in [2.24, 2.45) is 34.6 Å². The number of hydrogen-bond acceptors (Lipinski definition) is 8. The number of aliphatic imine (C=N–C) groups is 1. The Morgan fingerprint density at radius 1 is 0.898 bits per heavy atom. The zero-order valence-corrected chi connectivity index (χ0v) is 34.2. The van der Waals surface area contributed by atoms with Gasteiger partial charge in [0.05, 0.1) is 43.5 Å². The van der Waals surface area contributed by atoms with Gasteiger partial charge in [-0.1, -0.05) is 54.6 Å². The zero-order valence-electron chi connectivity index (χ0n) is 34.2. The lowest BCUT2D eigenvalue weighted by Gasteiger charge is -2.30. The van der Waals surface area contributed by atoms with E-state index < -0.39 is 18.0 Å². The predicted octanol–water partition coefficient (Wildman–Crippen LogP) is 8.06. The Morgan fingerprint density at radius 2 is 1.63 bits per heavy atom. The van der Waals surface area contributed by atoms with E-state index in [0.717, 1.165) is 77.1 Å². The van der Waals surface area contributed by atoms with E-state index in [4.69, 9.17) is 19.5 Å². The van der Waals surface area contributed by atoms with Crippen molar-refractivity contribution in [3.63, 3.8) is 0 Å². The maximum absolute atomic E-state index is 13.8. The van der Waals surface area contributed by atoms with Crippen LogP contribution in [0.1, 0.15) is 99.3 Å². The number of pyridine rings is 1. The number of nitrogens with zero attached hydrogens (tertiary/aromatic N) is 4. The van der Waals surface area contributed by atoms with Crippen LogP contribution in [0.3, 0.4) is 0 Å². The summed E-state index contributed by atoms with van der Waals surface area (Å²) in [6.45, 7) is 2.96. The fourth-order valence-corrected chi connectivity index (χ4v) is 10.4. The lowest BCUT2D eigenvalue weighted by molar-refractivity contribution is -0.151. The van der Waals surface area contributed by atoms with E-state index in [2.05, 4.69) is 69.9 Å². The summed E-state index contributed by atoms with van der Waals surface area (Å²) in [6.07, 6.45) is 13.5. The maximum Gasteiger partial charge on any atom is 0.306 e. The Kier molecular flexibility index (Phi) is 11.0. The van der Waals surface area contributed by atoms with Crippen LogP contribution < -0.4 is 5.32 Å². The smallest absolute Gasteiger partial charge is 0.306 e. The first kappa shape index (κ1) is 39.1. The molecule has 7 atom stereocenters. The first-order valence-corrected chi connectivity index (χ1v) is 21.4. The minimum Gasteiger partial charge on any atom is -0.469 e. The molecular weight excluding hydrogens is 741 g/mol. The highest BCUT2D eigenvalue weighted by Crippen LogP contribution is 2.54. The van der Waals surface area contributed by atoms with Crippen LogP contribution in [0.25, 0.3) is 28.0 Å². The number of likely N-dealkylation sites (tertiary alicyclic amines) is 1. The average Bonchev–Trinajstić information content (AvgIpc) is 3.85. The van der Waals surface area contributed by atoms with Crippen molar-refractivity contribution in [3.8, 4) is 22.4 Å². The summed E-state index contributed by atoms with van der Waals surface area (Å²) in [5.41, 5.74) is 9.97. The summed E-state index contributed by atoms with van der Waals surface area (Å²) < 4.78 is 10.3. The van der Waals surface area contributed by atoms with Crippen LogP contribution in [0.2, 0.25) is 0 Å². The van der Waals surface area contributed by atoms with E-state index in [0.29, 0.717) is 30.8 Å². The molecule has 4 fully saturated rings. The summed E-state index contributed by atoms with van der Waals surface area (Å²) in [7, 11) is 2.88. The number of H-pyrrole nitrogens is 1. The monoisotopic (exact) mass is 794 g/mol. The maximum atomic E-state index is 13.8.